The summed E-state index contributed by atoms with van der Waals surface area (Å²) in [6.07, 6.45) is 0.694. The summed E-state index contributed by atoms with van der Waals surface area (Å²) in [5.41, 5.74) is 1.05. The minimum atomic E-state index is -0.830. The summed E-state index contributed by atoms with van der Waals surface area (Å²) < 4.78 is 11.2. The summed E-state index contributed by atoms with van der Waals surface area (Å²) >= 11 is 0. The van der Waals surface area contributed by atoms with Gasteiger partial charge in [0.1, 0.15) is 11.3 Å². The number of furan rings is 1. The lowest BCUT2D eigenvalue weighted by molar-refractivity contribution is -0.858. The number of methoxy groups -OCH3 is 1. The monoisotopic (exact) mass is 434 g/mol. The van der Waals surface area contributed by atoms with E-state index in [2.05, 4.69) is 0 Å². The Morgan fingerprint density at radius 3 is 2.59 bits per heavy atom. The average Bonchev–Trinajstić information content (AvgIpc) is 3.33. The predicted molar refractivity (Wildman–Crippen MR) is 117 cm³/mol. The van der Waals surface area contributed by atoms with E-state index >= 15 is 0 Å². The quantitative estimate of drug-likeness (QED) is 0.541. The van der Waals surface area contributed by atoms with Crippen LogP contribution in [0.3, 0.4) is 0 Å². The SMILES string of the molecule is COc1ccccc1C1C(C(=O)c2cc3ccccc3o2)=C([O-])C(=O)N1CCC[NH+](C)C. The maximum Gasteiger partial charge on any atom is 0.239 e. The first kappa shape index (κ1) is 21.6. The van der Waals surface area contributed by atoms with Crippen LogP contribution in [0.15, 0.2) is 70.3 Å². The molecule has 0 radical (unpaired) electrons. The third-order valence-corrected chi connectivity index (χ3v) is 5.69. The molecule has 1 unspecified atom stereocenters. The van der Waals surface area contributed by atoms with E-state index in [4.69, 9.17) is 9.15 Å². The number of hydrogen-bond donors (Lipinski definition) is 1. The topological polar surface area (TPSA) is 87.2 Å². The van der Waals surface area contributed by atoms with Crippen LogP contribution in [0.4, 0.5) is 0 Å². The number of para-hydroxylation sites is 2. The maximum atomic E-state index is 13.5. The Labute approximate surface area is 186 Å². The standard InChI is InChI=1S/C25H26N2O5/c1-26(2)13-8-14-27-22(17-10-5-7-12-19(17)31-3)21(24(29)25(27)30)23(28)20-15-16-9-4-6-11-18(16)32-20/h4-7,9-12,15,22,29H,8,13-14H2,1-3H3. The van der Waals surface area contributed by atoms with Gasteiger partial charge in [-0.05, 0) is 24.0 Å². The number of amides is 1. The first-order valence-electron chi connectivity index (χ1n) is 10.6. The van der Waals surface area contributed by atoms with Gasteiger partial charge in [0.2, 0.25) is 11.7 Å². The fourth-order valence-electron chi connectivity index (χ4n) is 4.15. The van der Waals surface area contributed by atoms with Crippen molar-refractivity contribution in [2.75, 3.05) is 34.3 Å². The van der Waals surface area contributed by atoms with E-state index in [0.717, 1.165) is 11.9 Å². The van der Waals surface area contributed by atoms with Gasteiger partial charge in [0, 0.05) is 29.5 Å². The zero-order valence-electron chi connectivity index (χ0n) is 18.4. The normalized spacial score (nSPS) is 16.4. The second kappa shape index (κ2) is 8.88. The molecular formula is C25H26N2O5. The van der Waals surface area contributed by atoms with Crippen LogP contribution in [-0.2, 0) is 4.79 Å². The molecule has 0 fully saturated rings. The van der Waals surface area contributed by atoms with E-state index in [1.165, 1.54) is 16.9 Å². The van der Waals surface area contributed by atoms with Crippen molar-refractivity contribution in [3.05, 3.63) is 77.3 Å². The highest BCUT2D eigenvalue weighted by Crippen LogP contribution is 2.42. The van der Waals surface area contributed by atoms with Crippen molar-refractivity contribution < 1.29 is 28.7 Å². The number of fused-ring (bicyclic) bond motifs is 1. The molecule has 0 bridgehead atoms. The van der Waals surface area contributed by atoms with Gasteiger partial charge in [0.05, 0.1) is 33.8 Å². The minimum Gasteiger partial charge on any atom is -0.868 e. The highest BCUT2D eigenvalue weighted by molar-refractivity contribution is 6.15. The third-order valence-electron chi connectivity index (χ3n) is 5.69. The largest absolute Gasteiger partial charge is 0.868 e. The predicted octanol–water partition coefficient (Wildman–Crippen LogP) is 1.36. The number of ether oxygens (including phenoxy) is 1. The number of carbonyl (C=O) groups is 2. The molecular weight excluding hydrogens is 408 g/mol. The molecule has 0 aliphatic carbocycles. The molecule has 7 heteroatoms. The molecule has 2 heterocycles. The van der Waals surface area contributed by atoms with Crippen molar-refractivity contribution in [3.63, 3.8) is 0 Å². The minimum absolute atomic E-state index is 0.0434. The first-order chi connectivity index (χ1) is 15.4. The van der Waals surface area contributed by atoms with Crippen molar-refractivity contribution in [2.24, 2.45) is 0 Å². The van der Waals surface area contributed by atoms with E-state index in [0.29, 0.717) is 29.9 Å². The Balaban J connectivity index is 1.78. The first-order valence-corrected chi connectivity index (χ1v) is 10.6. The molecule has 1 aliphatic heterocycles. The van der Waals surface area contributed by atoms with E-state index < -0.39 is 23.5 Å². The van der Waals surface area contributed by atoms with Crippen LogP contribution in [0, 0.1) is 0 Å². The number of nitrogens with zero attached hydrogens (tertiary/aromatic N) is 1. The highest BCUT2D eigenvalue weighted by atomic mass is 16.5. The van der Waals surface area contributed by atoms with Gasteiger partial charge in [-0.3, -0.25) is 9.59 Å². The highest BCUT2D eigenvalue weighted by Gasteiger charge is 2.41. The number of rotatable bonds is 8. The molecule has 166 valence electrons. The Morgan fingerprint density at radius 2 is 1.88 bits per heavy atom. The van der Waals surface area contributed by atoms with Crippen molar-refractivity contribution in [1.82, 2.24) is 4.90 Å². The molecule has 3 aromatic rings. The van der Waals surface area contributed by atoms with Gasteiger partial charge in [-0.25, -0.2) is 0 Å². The molecule has 0 saturated heterocycles. The summed E-state index contributed by atoms with van der Waals surface area (Å²) in [4.78, 5) is 29.2. The Bertz CT molecular complexity index is 1160. The van der Waals surface area contributed by atoms with Crippen LogP contribution in [-0.4, -0.2) is 50.9 Å². The van der Waals surface area contributed by atoms with Gasteiger partial charge in [0.25, 0.3) is 0 Å². The number of hydrogen-bond acceptors (Lipinski definition) is 5. The molecule has 7 nitrogen and oxygen atoms in total. The molecule has 1 atom stereocenters. The van der Waals surface area contributed by atoms with E-state index in [-0.39, 0.29) is 11.3 Å². The maximum absolute atomic E-state index is 13.5. The van der Waals surface area contributed by atoms with Gasteiger partial charge >= 0.3 is 0 Å². The van der Waals surface area contributed by atoms with Gasteiger partial charge in [0.15, 0.2) is 5.76 Å². The molecule has 1 N–H and O–H groups in total. The second-order valence-corrected chi connectivity index (χ2v) is 8.17. The Kier molecular flexibility index (Phi) is 6.01. The van der Waals surface area contributed by atoms with E-state index in [1.807, 2.05) is 32.3 Å². The van der Waals surface area contributed by atoms with Crippen LogP contribution in [0.2, 0.25) is 0 Å². The molecule has 0 saturated carbocycles. The number of nitrogens with one attached hydrogen (secondary N) is 1. The Hall–Kier alpha value is -3.58. The summed E-state index contributed by atoms with van der Waals surface area (Å²) in [5, 5.41) is 13.8. The lowest BCUT2D eigenvalue weighted by Gasteiger charge is -2.28. The van der Waals surface area contributed by atoms with Crippen molar-refractivity contribution in [1.29, 1.82) is 0 Å². The van der Waals surface area contributed by atoms with Crippen LogP contribution in [0.25, 0.3) is 11.0 Å². The van der Waals surface area contributed by atoms with Crippen LogP contribution in [0.1, 0.15) is 28.6 Å². The summed E-state index contributed by atoms with van der Waals surface area (Å²) in [7, 11) is 5.58. The molecule has 4 rings (SSSR count). The van der Waals surface area contributed by atoms with Crippen LogP contribution >= 0.6 is 0 Å². The number of ketones is 1. The lowest BCUT2D eigenvalue weighted by atomic mass is 9.94. The van der Waals surface area contributed by atoms with Crippen molar-refractivity contribution in [3.8, 4) is 5.75 Å². The fraction of sp³-hybridized carbons (Fsp3) is 0.280. The molecule has 1 aliphatic rings. The third kappa shape index (κ3) is 3.87. The second-order valence-electron chi connectivity index (χ2n) is 8.17. The fourth-order valence-corrected chi connectivity index (χ4v) is 4.15. The van der Waals surface area contributed by atoms with Crippen LogP contribution in [0.5, 0.6) is 5.75 Å². The summed E-state index contributed by atoms with van der Waals surface area (Å²) in [5.74, 6) is -1.48. The van der Waals surface area contributed by atoms with Crippen molar-refractivity contribution >= 4 is 22.7 Å². The van der Waals surface area contributed by atoms with Crippen molar-refractivity contribution in [2.45, 2.75) is 12.5 Å². The lowest BCUT2D eigenvalue weighted by Crippen LogP contribution is -3.05. The summed E-state index contributed by atoms with van der Waals surface area (Å²) in [6, 6.07) is 15.2. The zero-order chi connectivity index (χ0) is 22.8. The number of carbonyl (C=O) groups excluding carboxylic acids is 2. The molecule has 0 spiro atoms. The molecule has 1 aromatic heterocycles. The number of benzene rings is 2. The molecule has 32 heavy (non-hydrogen) atoms. The Morgan fingerprint density at radius 1 is 1.16 bits per heavy atom. The number of Topliss-reactive ketones (excluding diaryl/α,β-unsaturated/α-hetero) is 1. The molecule has 1 amide bonds. The zero-order valence-corrected chi connectivity index (χ0v) is 18.4. The van der Waals surface area contributed by atoms with E-state index in [9.17, 15) is 14.7 Å². The number of quaternary nitrogens is 1. The van der Waals surface area contributed by atoms with Gasteiger partial charge < -0.3 is 24.1 Å². The van der Waals surface area contributed by atoms with Gasteiger partial charge in [-0.15, -0.1) is 0 Å². The van der Waals surface area contributed by atoms with Crippen LogP contribution < -0.4 is 14.7 Å². The average molecular weight is 434 g/mol. The smallest absolute Gasteiger partial charge is 0.239 e. The summed E-state index contributed by atoms with van der Waals surface area (Å²) in [6.45, 7) is 1.18. The van der Waals surface area contributed by atoms with Gasteiger partial charge in [-0.2, -0.15) is 0 Å². The van der Waals surface area contributed by atoms with Gasteiger partial charge in [-0.1, -0.05) is 36.4 Å². The molecule has 2 aromatic carbocycles. The van der Waals surface area contributed by atoms with E-state index in [1.54, 1.807) is 36.4 Å².